The minimum absolute atomic E-state index is 0.230. The lowest BCUT2D eigenvalue weighted by Gasteiger charge is -2.33. The Labute approximate surface area is 112 Å². The summed E-state index contributed by atoms with van der Waals surface area (Å²) < 4.78 is 0. The quantitative estimate of drug-likeness (QED) is 0.682. The number of nitrogens with one attached hydrogen (secondary N) is 1. The molecule has 1 saturated heterocycles. The molecule has 1 aliphatic heterocycles. The lowest BCUT2D eigenvalue weighted by molar-refractivity contribution is 0.265. The Kier molecular flexibility index (Phi) is 5.46. The fraction of sp³-hybridized carbons (Fsp3) is 1.00. The second-order valence-corrected chi connectivity index (χ2v) is 6.28. The smallest absolute Gasteiger partial charge is 0.0316 e. The molecule has 1 atom stereocenters. The van der Waals surface area contributed by atoms with Gasteiger partial charge in [0.25, 0.3) is 0 Å². The van der Waals surface area contributed by atoms with Crippen molar-refractivity contribution in [1.29, 1.82) is 0 Å². The zero-order chi connectivity index (χ0) is 12.8. The van der Waals surface area contributed by atoms with Gasteiger partial charge in [-0.25, -0.2) is 0 Å². The van der Waals surface area contributed by atoms with E-state index >= 15 is 0 Å². The largest absolute Gasteiger partial charge is 0.329 e. The van der Waals surface area contributed by atoms with Crippen LogP contribution < -0.4 is 11.1 Å². The van der Waals surface area contributed by atoms with E-state index < -0.39 is 0 Å². The second kappa shape index (κ2) is 6.88. The van der Waals surface area contributed by atoms with Crippen molar-refractivity contribution in [3.8, 4) is 0 Å². The maximum atomic E-state index is 6.07. The number of nitrogens with two attached hydrogens (primary N) is 1. The molecule has 0 spiro atoms. The number of hydrogen-bond acceptors (Lipinski definition) is 3. The summed E-state index contributed by atoms with van der Waals surface area (Å²) in [5.41, 5.74) is 6.30. The van der Waals surface area contributed by atoms with E-state index in [1.807, 2.05) is 0 Å². The van der Waals surface area contributed by atoms with Gasteiger partial charge in [-0.3, -0.25) is 0 Å². The maximum Gasteiger partial charge on any atom is 0.0316 e. The highest BCUT2D eigenvalue weighted by atomic mass is 15.1. The summed E-state index contributed by atoms with van der Waals surface area (Å²) in [6.07, 6.45) is 9.49. The SMILES string of the molecule is CCN1CCCC(CN)(NCCCC2CC2)CC1. The van der Waals surface area contributed by atoms with E-state index in [0.29, 0.717) is 0 Å². The Hall–Kier alpha value is -0.120. The average Bonchev–Trinajstić information content (AvgIpc) is 3.22. The molecule has 1 aliphatic carbocycles. The zero-order valence-corrected chi connectivity index (χ0v) is 12.1. The van der Waals surface area contributed by atoms with Crippen LogP contribution in [-0.2, 0) is 0 Å². The van der Waals surface area contributed by atoms with E-state index in [4.69, 9.17) is 5.73 Å². The summed E-state index contributed by atoms with van der Waals surface area (Å²) in [5, 5.41) is 3.80. The average molecular weight is 253 g/mol. The van der Waals surface area contributed by atoms with Gasteiger partial charge in [0.15, 0.2) is 0 Å². The van der Waals surface area contributed by atoms with Crippen LogP contribution in [0.3, 0.4) is 0 Å². The standard InChI is InChI=1S/C15H31N3/c1-2-18-11-4-8-15(13-16,9-12-18)17-10-3-5-14-6-7-14/h14,17H,2-13,16H2,1H3. The first-order valence-corrected chi connectivity index (χ1v) is 7.95. The predicted molar refractivity (Wildman–Crippen MR) is 77.7 cm³/mol. The molecule has 0 aromatic heterocycles. The van der Waals surface area contributed by atoms with Crippen LogP contribution in [0.5, 0.6) is 0 Å². The van der Waals surface area contributed by atoms with E-state index in [1.165, 1.54) is 71.1 Å². The van der Waals surface area contributed by atoms with Crippen LogP contribution in [0.4, 0.5) is 0 Å². The van der Waals surface area contributed by atoms with Crippen molar-refractivity contribution in [1.82, 2.24) is 10.2 Å². The molecule has 0 bridgehead atoms. The van der Waals surface area contributed by atoms with Crippen molar-refractivity contribution in [2.45, 2.75) is 57.4 Å². The Morgan fingerprint density at radius 3 is 2.78 bits per heavy atom. The topological polar surface area (TPSA) is 41.3 Å². The van der Waals surface area contributed by atoms with Gasteiger partial charge in [0, 0.05) is 12.1 Å². The van der Waals surface area contributed by atoms with Crippen LogP contribution in [0, 0.1) is 5.92 Å². The van der Waals surface area contributed by atoms with Crippen LogP contribution in [0.25, 0.3) is 0 Å². The number of hydrogen-bond donors (Lipinski definition) is 2. The van der Waals surface area contributed by atoms with Gasteiger partial charge in [0.2, 0.25) is 0 Å². The molecule has 2 aliphatic rings. The monoisotopic (exact) mass is 253 g/mol. The molecule has 106 valence electrons. The van der Waals surface area contributed by atoms with Crippen LogP contribution in [0.15, 0.2) is 0 Å². The zero-order valence-electron chi connectivity index (χ0n) is 12.1. The first kappa shape index (κ1) is 14.3. The summed E-state index contributed by atoms with van der Waals surface area (Å²) in [5.74, 6) is 1.06. The molecule has 0 amide bonds. The molecule has 0 aromatic carbocycles. The van der Waals surface area contributed by atoms with Crippen molar-refractivity contribution < 1.29 is 0 Å². The van der Waals surface area contributed by atoms with Gasteiger partial charge in [-0.1, -0.05) is 19.8 Å². The lowest BCUT2D eigenvalue weighted by Crippen LogP contribution is -2.52. The van der Waals surface area contributed by atoms with Crippen LogP contribution in [0.2, 0.25) is 0 Å². The lowest BCUT2D eigenvalue weighted by atomic mass is 9.90. The minimum atomic E-state index is 0.230. The Morgan fingerprint density at radius 1 is 1.28 bits per heavy atom. The van der Waals surface area contributed by atoms with Gasteiger partial charge in [-0.2, -0.15) is 0 Å². The molecule has 0 radical (unpaired) electrons. The third-order valence-electron chi connectivity index (χ3n) is 4.86. The summed E-state index contributed by atoms with van der Waals surface area (Å²) >= 11 is 0. The summed E-state index contributed by atoms with van der Waals surface area (Å²) in [7, 11) is 0. The molecule has 0 aromatic rings. The molecule has 18 heavy (non-hydrogen) atoms. The van der Waals surface area contributed by atoms with Crippen LogP contribution in [-0.4, -0.2) is 43.2 Å². The minimum Gasteiger partial charge on any atom is -0.329 e. The van der Waals surface area contributed by atoms with E-state index in [-0.39, 0.29) is 5.54 Å². The second-order valence-electron chi connectivity index (χ2n) is 6.28. The highest BCUT2D eigenvalue weighted by Crippen LogP contribution is 2.33. The first-order chi connectivity index (χ1) is 8.78. The Bertz CT molecular complexity index is 240. The Morgan fingerprint density at radius 2 is 2.11 bits per heavy atom. The molecule has 2 fully saturated rings. The summed E-state index contributed by atoms with van der Waals surface area (Å²) in [6, 6.07) is 0. The van der Waals surface area contributed by atoms with E-state index in [9.17, 15) is 0 Å². The molecule has 3 nitrogen and oxygen atoms in total. The van der Waals surface area contributed by atoms with Crippen molar-refractivity contribution >= 4 is 0 Å². The van der Waals surface area contributed by atoms with Gasteiger partial charge in [-0.05, 0) is 64.2 Å². The third-order valence-corrected chi connectivity index (χ3v) is 4.86. The molecule has 1 saturated carbocycles. The number of rotatable bonds is 7. The molecule has 3 heteroatoms. The van der Waals surface area contributed by atoms with Crippen molar-refractivity contribution in [3.05, 3.63) is 0 Å². The molecule has 1 unspecified atom stereocenters. The molecule has 2 rings (SSSR count). The highest BCUT2D eigenvalue weighted by molar-refractivity contribution is 4.92. The number of likely N-dealkylation sites (tertiary alicyclic amines) is 1. The molecule has 3 N–H and O–H groups in total. The highest BCUT2D eigenvalue weighted by Gasteiger charge is 2.30. The number of nitrogens with zero attached hydrogens (tertiary/aromatic N) is 1. The van der Waals surface area contributed by atoms with Gasteiger partial charge >= 0.3 is 0 Å². The maximum absolute atomic E-state index is 6.07. The van der Waals surface area contributed by atoms with Crippen molar-refractivity contribution in [2.75, 3.05) is 32.7 Å². The Balaban J connectivity index is 1.72. The van der Waals surface area contributed by atoms with Crippen LogP contribution in [0.1, 0.15) is 51.9 Å². The van der Waals surface area contributed by atoms with Gasteiger partial charge in [-0.15, -0.1) is 0 Å². The van der Waals surface area contributed by atoms with Gasteiger partial charge < -0.3 is 16.0 Å². The normalized spacial score (nSPS) is 30.3. The predicted octanol–water partition coefficient (Wildman–Crippen LogP) is 1.97. The van der Waals surface area contributed by atoms with E-state index in [1.54, 1.807) is 0 Å². The summed E-state index contributed by atoms with van der Waals surface area (Å²) in [6.45, 7) is 7.87. The fourth-order valence-electron chi connectivity index (χ4n) is 3.17. The van der Waals surface area contributed by atoms with Gasteiger partial charge in [0.1, 0.15) is 0 Å². The van der Waals surface area contributed by atoms with Crippen molar-refractivity contribution in [2.24, 2.45) is 11.7 Å². The molecular weight excluding hydrogens is 222 g/mol. The summed E-state index contributed by atoms with van der Waals surface area (Å²) in [4.78, 5) is 2.56. The molecular formula is C15H31N3. The first-order valence-electron chi connectivity index (χ1n) is 7.95. The van der Waals surface area contributed by atoms with Gasteiger partial charge in [0.05, 0.1) is 0 Å². The van der Waals surface area contributed by atoms with E-state index in [0.717, 1.165) is 12.5 Å². The van der Waals surface area contributed by atoms with Crippen LogP contribution >= 0.6 is 0 Å². The van der Waals surface area contributed by atoms with Crippen molar-refractivity contribution in [3.63, 3.8) is 0 Å². The van der Waals surface area contributed by atoms with E-state index in [2.05, 4.69) is 17.1 Å². The third kappa shape index (κ3) is 4.22. The molecule has 1 heterocycles. The fourth-order valence-corrected chi connectivity index (χ4v) is 3.17.